The van der Waals surface area contributed by atoms with E-state index in [-0.39, 0.29) is 5.56 Å². The minimum Gasteiger partial charge on any atom is -0.495 e. The number of benzene rings is 2. The molecule has 0 radical (unpaired) electrons. The molecular weight excluding hydrogens is 316 g/mol. The lowest BCUT2D eigenvalue weighted by atomic mass is 10.2. The second-order valence-electron chi connectivity index (χ2n) is 4.86. The number of hydrogen-bond donors (Lipinski definition) is 2. The van der Waals surface area contributed by atoms with E-state index in [1.54, 1.807) is 37.5 Å². The molecule has 0 amide bonds. The van der Waals surface area contributed by atoms with Crippen LogP contribution < -0.4 is 4.74 Å². The summed E-state index contributed by atoms with van der Waals surface area (Å²) in [5, 5.41) is 9.70. The maximum atomic E-state index is 11.2. The molecule has 5 nitrogen and oxygen atoms in total. The van der Waals surface area contributed by atoms with Gasteiger partial charge in [0.1, 0.15) is 17.1 Å². The van der Waals surface area contributed by atoms with Crippen molar-refractivity contribution in [2.45, 2.75) is 0 Å². The Labute approximate surface area is 137 Å². The van der Waals surface area contributed by atoms with Crippen LogP contribution in [0.1, 0.15) is 21.7 Å². The molecule has 0 aliphatic heterocycles. The van der Waals surface area contributed by atoms with Crippen molar-refractivity contribution >= 4 is 40.8 Å². The summed E-state index contributed by atoms with van der Waals surface area (Å²) >= 11 is 6.08. The molecule has 0 atom stereocenters. The van der Waals surface area contributed by atoms with Crippen molar-refractivity contribution in [3.05, 3.63) is 58.4 Å². The molecule has 0 fully saturated rings. The summed E-state index contributed by atoms with van der Waals surface area (Å²) in [6, 6.07) is 10.4. The highest BCUT2D eigenvalue weighted by atomic mass is 35.5. The van der Waals surface area contributed by atoms with Crippen molar-refractivity contribution in [1.82, 2.24) is 9.97 Å². The van der Waals surface area contributed by atoms with E-state index in [4.69, 9.17) is 16.3 Å². The van der Waals surface area contributed by atoms with Gasteiger partial charge < -0.3 is 14.8 Å². The van der Waals surface area contributed by atoms with E-state index in [9.17, 15) is 9.90 Å². The molecule has 1 heterocycles. The van der Waals surface area contributed by atoms with Gasteiger partial charge in [-0.3, -0.25) is 0 Å². The van der Waals surface area contributed by atoms with Gasteiger partial charge in [0, 0.05) is 0 Å². The largest absolute Gasteiger partial charge is 0.495 e. The summed E-state index contributed by atoms with van der Waals surface area (Å²) in [6.07, 6.45) is 3.60. The van der Waals surface area contributed by atoms with Gasteiger partial charge in [-0.25, -0.2) is 9.78 Å². The van der Waals surface area contributed by atoms with Crippen LogP contribution in [-0.2, 0) is 0 Å². The zero-order chi connectivity index (χ0) is 16.4. The molecule has 116 valence electrons. The van der Waals surface area contributed by atoms with Gasteiger partial charge in [0.05, 0.1) is 23.2 Å². The quantitative estimate of drug-likeness (QED) is 0.756. The maximum absolute atomic E-state index is 11.2. The number of methoxy groups -OCH3 is 1. The number of nitrogens with one attached hydrogen (secondary N) is 1. The first kappa shape index (κ1) is 15.1. The summed E-state index contributed by atoms with van der Waals surface area (Å²) in [6.45, 7) is 0. The fraction of sp³-hybridized carbons (Fsp3) is 0.0588. The lowest BCUT2D eigenvalue weighted by Gasteiger charge is -2.02. The predicted molar refractivity (Wildman–Crippen MR) is 90.0 cm³/mol. The van der Waals surface area contributed by atoms with E-state index >= 15 is 0 Å². The first-order chi connectivity index (χ1) is 11.1. The van der Waals surface area contributed by atoms with Gasteiger partial charge in [0.25, 0.3) is 0 Å². The Bertz CT molecular complexity index is 915. The van der Waals surface area contributed by atoms with Crippen LogP contribution in [-0.4, -0.2) is 28.2 Å². The number of carbonyl (C=O) groups is 1. The number of carboxylic acid groups (broad SMARTS) is 1. The van der Waals surface area contributed by atoms with Crippen molar-refractivity contribution in [3.63, 3.8) is 0 Å². The highest BCUT2D eigenvalue weighted by Crippen LogP contribution is 2.26. The molecule has 6 heteroatoms. The summed E-state index contributed by atoms with van der Waals surface area (Å²) < 4.78 is 5.11. The molecule has 0 spiro atoms. The van der Waals surface area contributed by atoms with E-state index in [0.29, 0.717) is 27.6 Å². The predicted octanol–water partition coefficient (Wildman–Crippen LogP) is 4.09. The molecule has 0 aliphatic carbocycles. The number of imidazole rings is 1. The van der Waals surface area contributed by atoms with Gasteiger partial charge in [-0.2, -0.15) is 0 Å². The van der Waals surface area contributed by atoms with Crippen LogP contribution in [0.15, 0.2) is 36.4 Å². The van der Waals surface area contributed by atoms with Crippen molar-refractivity contribution in [2.75, 3.05) is 7.11 Å². The van der Waals surface area contributed by atoms with Crippen molar-refractivity contribution in [1.29, 1.82) is 0 Å². The highest BCUT2D eigenvalue weighted by molar-refractivity contribution is 6.32. The van der Waals surface area contributed by atoms with Gasteiger partial charge >= 0.3 is 5.97 Å². The summed E-state index contributed by atoms with van der Waals surface area (Å²) in [4.78, 5) is 18.6. The number of rotatable bonds is 4. The molecule has 3 rings (SSSR count). The van der Waals surface area contributed by atoms with E-state index < -0.39 is 5.97 Å². The molecule has 0 unspecified atom stereocenters. The number of nitrogens with zero attached hydrogens (tertiary/aromatic N) is 1. The normalized spacial score (nSPS) is 11.2. The highest BCUT2D eigenvalue weighted by Gasteiger charge is 2.11. The number of ether oxygens (including phenoxy) is 1. The molecule has 0 bridgehead atoms. The number of fused-ring (bicyclic) bond motifs is 1. The molecule has 1 aromatic heterocycles. The summed E-state index contributed by atoms with van der Waals surface area (Å²) in [5.41, 5.74) is 2.17. The SMILES string of the molecule is COc1ccc(C=Cc2nc3c(C(=O)O)cccc3[nH]2)cc1Cl. The number of H-pyrrole nitrogens is 1. The number of halogens is 1. The second kappa shape index (κ2) is 6.14. The lowest BCUT2D eigenvalue weighted by molar-refractivity contribution is 0.0699. The van der Waals surface area contributed by atoms with Gasteiger partial charge in [-0.05, 0) is 35.9 Å². The van der Waals surface area contributed by atoms with Crippen molar-refractivity contribution < 1.29 is 14.6 Å². The summed E-state index contributed by atoms with van der Waals surface area (Å²) in [5.74, 6) is 0.180. The van der Waals surface area contributed by atoms with Crippen LogP contribution in [0.4, 0.5) is 0 Å². The first-order valence-electron chi connectivity index (χ1n) is 6.82. The molecule has 2 N–H and O–H groups in total. The number of para-hydroxylation sites is 1. The Morgan fingerprint density at radius 2 is 2.13 bits per heavy atom. The maximum Gasteiger partial charge on any atom is 0.337 e. The van der Waals surface area contributed by atoms with Crippen LogP contribution in [0.25, 0.3) is 23.2 Å². The number of aromatic amines is 1. The topological polar surface area (TPSA) is 75.2 Å². The van der Waals surface area contributed by atoms with Gasteiger partial charge in [0.2, 0.25) is 0 Å². The Balaban J connectivity index is 1.94. The minimum atomic E-state index is -1.00. The molecular formula is C17H13ClN2O3. The van der Waals surface area contributed by atoms with Gasteiger partial charge in [0.15, 0.2) is 0 Å². The third-order valence-corrected chi connectivity index (χ3v) is 3.67. The summed E-state index contributed by atoms with van der Waals surface area (Å²) in [7, 11) is 1.56. The second-order valence-corrected chi connectivity index (χ2v) is 5.26. The molecule has 3 aromatic rings. The number of hydrogen-bond acceptors (Lipinski definition) is 3. The van der Waals surface area contributed by atoms with Crippen LogP contribution in [0, 0.1) is 0 Å². The fourth-order valence-electron chi connectivity index (χ4n) is 2.26. The van der Waals surface area contributed by atoms with Crippen molar-refractivity contribution in [2.24, 2.45) is 0 Å². The van der Waals surface area contributed by atoms with Crippen molar-refractivity contribution in [3.8, 4) is 5.75 Å². The van der Waals surface area contributed by atoms with E-state index in [2.05, 4.69) is 9.97 Å². The van der Waals surface area contributed by atoms with Crippen LogP contribution in [0.3, 0.4) is 0 Å². The molecule has 0 aliphatic rings. The zero-order valence-electron chi connectivity index (χ0n) is 12.2. The van der Waals surface area contributed by atoms with E-state index in [1.165, 1.54) is 6.07 Å². The van der Waals surface area contributed by atoms with Crippen LogP contribution in [0.5, 0.6) is 5.75 Å². The Hall–Kier alpha value is -2.79. The van der Waals surface area contributed by atoms with E-state index in [1.807, 2.05) is 12.1 Å². The smallest absolute Gasteiger partial charge is 0.337 e. The third kappa shape index (κ3) is 3.05. The standard InChI is InChI=1S/C17H13ClN2O3/c1-23-14-7-5-10(9-12(14)18)6-8-15-19-13-4-2-3-11(17(21)22)16(13)20-15/h2-9H,1H3,(H,19,20)(H,21,22). The Kier molecular flexibility index (Phi) is 4.04. The van der Waals surface area contributed by atoms with Crippen LogP contribution >= 0.6 is 11.6 Å². The number of aromatic nitrogens is 2. The average molecular weight is 329 g/mol. The number of carboxylic acids is 1. The minimum absolute atomic E-state index is 0.172. The van der Waals surface area contributed by atoms with E-state index in [0.717, 1.165) is 5.56 Å². The third-order valence-electron chi connectivity index (χ3n) is 3.37. The van der Waals surface area contributed by atoms with Gasteiger partial charge in [-0.1, -0.05) is 29.8 Å². The fourth-order valence-corrected chi connectivity index (χ4v) is 2.53. The first-order valence-corrected chi connectivity index (χ1v) is 7.20. The average Bonchev–Trinajstić information content (AvgIpc) is 2.95. The lowest BCUT2D eigenvalue weighted by Crippen LogP contribution is -1.96. The molecule has 0 saturated carbocycles. The molecule has 23 heavy (non-hydrogen) atoms. The molecule has 0 saturated heterocycles. The monoisotopic (exact) mass is 328 g/mol. The zero-order valence-corrected chi connectivity index (χ0v) is 13.0. The van der Waals surface area contributed by atoms with Crippen LogP contribution in [0.2, 0.25) is 5.02 Å². The van der Waals surface area contributed by atoms with Gasteiger partial charge in [-0.15, -0.1) is 0 Å². The number of aromatic carboxylic acids is 1. The Morgan fingerprint density at radius 3 is 2.83 bits per heavy atom. The molecule has 2 aromatic carbocycles. The Morgan fingerprint density at radius 1 is 1.30 bits per heavy atom.